The maximum absolute atomic E-state index is 6.35. The summed E-state index contributed by atoms with van der Waals surface area (Å²) in [4.78, 5) is 9.29. The summed E-state index contributed by atoms with van der Waals surface area (Å²) in [5.74, 6) is 1.06. The molecule has 3 N–H and O–H groups in total. The number of fused-ring (bicyclic) bond motifs is 1. The van der Waals surface area contributed by atoms with Crippen molar-refractivity contribution in [3.05, 3.63) is 5.69 Å². The van der Waals surface area contributed by atoms with Gasteiger partial charge in [-0.15, -0.1) is 0 Å². The van der Waals surface area contributed by atoms with Gasteiger partial charge in [0.2, 0.25) is 0 Å². The molecule has 1 aromatic heterocycles. The van der Waals surface area contributed by atoms with Crippen LogP contribution in [-0.4, -0.2) is 52.5 Å². The molecule has 2 fully saturated rings. The molecule has 8 heteroatoms. The number of nitrogen functional groups attached to an aromatic ring is 1. The molecular formula is C19H32N4O3S. The van der Waals surface area contributed by atoms with Gasteiger partial charge in [-0.2, -0.15) is 0 Å². The van der Waals surface area contributed by atoms with Crippen molar-refractivity contribution in [2.24, 2.45) is 0 Å². The van der Waals surface area contributed by atoms with E-state index in [1.807, 2.05) is 20.8 Å². The van der Waals surface area contributed by atoms with Crippen LogP contribution in [0.1, 0.15) is 53.2 Å². The number of anilines is 2. The minimum Gasteiger partial charge on any atom is -0.394 e. The fourth-order valence-corrected chi connectivity index (χ4v) is 4.48. The van der Waals surface area contributed by atoms with Crippen molar-refractivity contribution < 1.29 is 14.2 Å². The number of thioether (sulfide) groups is 1. The van der Waals surface area contributed by atoms with Crippen LogP contribution < -0.4 is 11.1 Å². The van der Waals surface area contributed by atoms with Gasteiger partial charge in [0.15, 0.2) is 16.8 Å². The lowest BCUT2D eigenvalue weighted by atomic mass is 10.2. The van der Waals surface area contributed by atoms with Gasteiger partial charge in [0, 0.05) is 12.4 Å². The molecule has 0 aromatic carbocycles. The average Bonchev–Trinajstić information content (AvgIpc) is 3.10. The van der Waals surface area contributed by atoms with Crippen LogP contribution in [0.2, 0.25) is 0 Å². The molecular weight excluding hydrogens is 364 g/mol. The van der Waals surface area contributed by atoms with Crippen LogP contribution in [-0.2, 0) is 20.6 Å². The standard InChI is InChI=1S/C19H32N4O3S/c1-6-9-27-18-22-11(7-2)14(20)17(23-18)21-12-10-13(24-8-3)16-15(12)25-19(4,5)26-16/h12-13,15-16H,6-10,20H2,1-5H3,(H,21,22,23)/t12-,13+,15+,16-/m1/s1. The lowest BCUT2D eigenvalue weighted by Crippen LogP contribution is -2.35. The molecule has 152 valence electrons. The van der Waals surface area contributed by atoms with Crippen LogP contribution in [0.4, 0.5) is 11.5 Å². The minimum atomic E-state index is -0.612. The van der Waals surface area contributed by atoms with Crippen molar-refractivity contribution in [2.75, 3.05) is 23.4 Å². The number of nitrogens with zero attached hydrogens (tertiary/aromatic N) is 2. The third kappa shape index (κ3) is 4.50. The number of hydrogen-bond donors (Lipinski definition) is 2. The molecule has 2 aliphatic rings. The fraction of sp³-hybridized carbons (Fsp3) is 0.789. The van der Waals surface area contributed by atoms with Crippen molar-refractivity contribution in [3.63, 3.8) is 0 Å². The van der Waals surface area contributed by atoms with Crippen LogP contribution in [0, 0.1) is 0 Å². The second kappa shape index (κ2) is 8.51. The minimum absolute atomic E-state index is 0.00178. The Balaban J connectivity index is 1.83. The number of rotatable bonds is 8. The SMILES string of the molecule is CCCSc1nc(CC)c(N)c(N[C@@H]2C[C@H](OCC)[C@H]3OC(C)(C)O[C@H]32)n1. The Hall–Kier alpha value is -1.09. The molecule has 1 saturated carbocycles. The van der Waals surface area contributed by atoms with Gasteiger partial charge in [-0.3, -0.25) is 0 Å². The van der Waals surface area contributed by atoms with Gasteiger partial charge >= 0.3 is 0 Å². The third-order valence-electron chi connectivity index (χ3n) is 4.89. The zero-order chi connectivity index (χ0) is 19.6. The molecule has 4 atom stereocenters. The summed E-state index contributed by atoms with van der Waals surface area (Å²) in [5.41, 5.74) is 7.85. The highest BCUT2D eigenvalue weighted by Gasteiger charge is 2.54. The Labute approximate surface area is 166 Å². The lowest BCUT2D eigenvalue weighted by molar-refractivity contribution is -0.166. The first-order chi connectivity index (χ1) is 12.9. The van der Waals surface area contributed by atoms with Crippen LogP contribution in [0.3, 0.4) is 0 Å². The molecule has 2 heterocycles. The van der Waals surface area contributed by atoms with Gasteiger partial charge in [0.05, 0.1) is 23.5 Å². The molecule has 3 rings (SSSR count). The monoisotopic (exact) mass is 396 g/mol. The Bertz CT molecular complexity index is 658. The van der Waals surface area contributed by atoms with Gasteiger partial charge in [-0.1, -0.05) is 25.6 Å². The summed E-state index contributed by atoms with van der Waals surface area (Å²) < 4.78 is 18.2. The summed E-state index contributed by atoms with van der Waals surface area (Å²) >= 11 is 1.66. The van der Waals surface area contributed by atoms with E-state index in [0.717, 1.165) is 35.9 Å². The third-order valence-corrected chi connectivity index (χ3v) is 5.94. The van der Waals surface area contributed by atoms with Crippen LogP contribution in [0.15, 0.2) is 5.16 Å². The molecule has 0 bridgehead atoms. The van der Waals surface area contributed by atoms with Gasteiger partial charge in [0.1, 0.15) is 12.2 Å². The normalized spacial score (nSPS) is 29.1. The summed E-state index contributed by atoms with van der Waals surface area (Å²) in [7, 11) is 0. The van der Waals surface area contributed by atoms with Gasteiger partial charge in [-0.05, 0) is 40.0 Å². The van der Waals surface area contributed by atoms with Crippen molar-refractivity contribution in [1.82, 2.24) is 9.97 Å². The van der Waals surface area contributed by atoms with Gasteiger partial charge in [-0.25, -0.2) is 9.97 Å². The Kier molecular flexibility index (Phi) is 6.50. The largest absolute Gasteiger partial charge is 0.394 e. The number of nitrogens with one attached hydrogen (secondary N) is 1. The molecule has 27 heavy (non-hydrogen) atoms. The number of hydrogen-bond acceptors (Lipinski definition) is 8. The number of nitrogens with two attached hydrogens (primary N) is 1. The molecule has 1 aliphatic heterocycles. The molecule has 0 unspecified atom stereocenters. The topological polar surface area (TPSA) is 91.5 Å². The van der Waals surface area contributed by atoms with Crippen molar-refractivity contribution >= 4 is 23.3 Å². The summed E-state index contributed by atoms with van der Waals surface area (Å²) in [5, 5.41) is 4.29. The quantitative estimate of drug-likeness (QED) is 0.511. The molecule has 7 nitrogen and oxygen atoms in total. The zero-order valence-electron chi connectivity index (χ0n) is 16.9. The van der Waals surface area contributed by atoms with E-state index in [9.17, 15) is 0 Å². The first-order valence-electron chi connectivity index (χ1n) is 9.91. The summed E-state index contributed by atoms with van der Waals surface area (Å²) in [6.45, 7) is 10.7. The molecule has 1 saturated heterocycles. The highest BCUT2D eigenvalue weighted by Crippen LogP contribution is 2.41. The average molecular weight is 397 g/mol. The smallest absolute Gasteiger partial charge is 0.189 e. The van der Waals surface area contributed by atoms with E-state index < -0.39 is 5.79 Å². The van der Waals surface area contributed by atoms with Gasteiger partial charge in [0.25, 0.3) is 0 Å². The second-order valence-electron chi connectivity index (χ2n) is 7.46. The molecule has 1 aliphatic carbocycles. The highest BCUT2D eigenvalue weighted by molar-refractivity contribution is 7.99. The molecule has 0 radical (unpaired) electrons. The van der Waals surface area contributed by atoms with E-state index in [0.29, 0.717) is 18.1 Å². The lowest BCUT2D eigenvalue weighted by Gasteiger charge is -2.25. The van der Waals surface area contributed by atoms with E-state index >= 15 is 0 Å². The van der Waals surface area contributed by atoms with E-state index in [1.54, 1.807) is 11.8 Å². The van der Waals surface area contributed by atoms with Gasteiger partial charge < -0.3 is 25.3 Å². The number of aryl methyl sites for hydroxylation is 1. The van der Waals surface area contributed by atoms with Crippen molar-refractivity contribution in [3.8, 4) is 0 Å². The van der Waals surface area contributed by atoms with Crippen LogP contribution in [0.25, 0.3) is 0 Å². The summed E-state index contributed by atoms with van der Waals surface area (Å²) in [6, 6.07) is 0.0271. The number of aromatic nitrogens is 2. The van der Waals surface area contributed by atoms with Crippen LogP contribution in [0.5, 0.6) is 0 Å². The van der Waals surface area contributed by atoms with Crippen molar-refractivity contribution in [1.29, 1.82) is 0 Å². The molecule has 1 aromatic rings. The molecule has 0 spiro atoms. The van der Waals surface area contributed by atoms with Crippen molar-refractivity contribution in [2.45, 2.75) is 89.2 Å². The second-order valence-corrected chi connectivity index (χ2v) is 8.52. The first kappa shape index (κ1) is 20.6. The van der Waals surface area contributed by atoms with E-state index in [2.05, 4.69) is 29.1 Å². The van der Waals surface area contributed by atoms with Crippen LogP contribution >= 0.6 is 11.8 Å². The summed E-state index contributed by atoms with van der Waals surface area (Å²) in [6.07, 6.45) is 2.46. The maximum atomic E-state index is 6.35. The zero-order valence-corrected chi connectivity index (χ0v) is 17.8. The predicted octanol–water partition coefficient (Wildman–Crippen LogP) is 3.23. The molecule has 0 amide bonds. The maximum Gasteiger partial charge on any atom is 0.189 e. The van der Waals surface area contributed by atoms with E-state index in [1.165, 1.54) is 0 Å². The number of ether oxygens (including phenoxy) is 3. The predicted molar refractivity (Wildman–Crippen MR) is 108 cm³/mol. The highest BCUT2D eigenvalue weighted by atomic mass is 32.2. The first-order valence-corrected chi connectivity index (χ1v) is 10.9. The Morgan fingerprint density at radius 1 is 1.22 bits per heavy atom. The Morgan fingerprint density at radius 2 is 1.96 bits per heavy atom. The fourth-order valence-electron chi connectivity index (χ4n) is 3.76. The Morgan fingerprint density at radius 3 is 2.63 bits per heavy atom. The van der Waals surface area contributed by atoms with E-state index in [-0.39, 0.29) is 24.4 Å². The van der Waals surface area contributed by atoms with E-state index in [4.69, 9.17) is 19.9 Å².